The average Bonchev–Trinajstić information content (AvgIpc) is 3.32. The Morgan fingerprint density at radius 1 is 0.408 bits per heavy atom. The molecule has 0 fully saturated rings. The van der Waals surface area contributed by atoms with Gasteiger partial charge in [-0.25, -0.2) is 0 Å². The summed E-state index contributed by atoms with van der Waals surface area (Å²) in [5.74, 6) is 0. The zero-order valence-corrected chi connectivity index (χ0v) is 34.1. The first kappa shape index (κ1) is 37.1. The first-order chi connectivity index (χ1) is 22.7. The van der Waals surface area contributed by atoms with Crippen molar-refractivity contribution >= 4 is 0 Å². The van der Waals surface area contributed by atoms with E-state index in [2.05, 4.69) is 171 Å². The monoisotopic (exact) mass is 655 g/mol. The SMILES string of the molecule is CCC(C)(CC)c1ccc2c(c1)C(c1cc(C(C)(C)C)c(C)cc1C)(c1cc(C(C)(C)C)c(C)cc1C)c1cc(C(C)(CC)CC)ccc1-2. The molecule has 0 spiro atoms. The van der Waals surface area contributed by atoms with Crippen LogP contribution in [0.3, 0.4) is 0 Å². The largest absolute Gasteiger partial charge is 0.0719 e. The quantitative estimate of drug-likeness (QED) is 0.156. The van der Waals surface area contributed by atoms with Crippen LogP contribution in [0.1, 0.15) is 176 Å². The van der Waals surface area contributed by atoms with E-state index in [4.69, 9.17) is 0 Å². The molecule has 0 unspecified atom stereocenters. The summed E-state index contributed by atoms with van der Waals surface area (Å²) in [4.78, 5) is 0. The van der Waals surface area contributed by atoms with Crippen LogP contribution in [0.4, 0.5) is 0 Å². The highest BCUT2D eigenvalue weighted by molar-refractivity contribution is 5.88. The number of fused-ring (bicyclic) bond motifs is 3. The summed E-state index contributed by atoms with van der Waals surface area (Å²) in [5.41, 5.74) is 19.7. The Morgan fingerprint density at radius 2 is 0.735 bits per heavy atom. The second-order valence-electron chi connectivity index (χ2n) is 18.3. The van der Waals surface area contributed by atoms with Gasteiger partial charge in [0.1, 0.15) is 0 Å². The van der Waals surface area contributed by atoms with Crippen LogP contribution in [-0.2, 0) is 27.1 Å². The van der Waals surface area contributed by atoms with Crippen molar-refractivity contribution < 1.29 is 0 Å². The number of rotatable bonds is 8. The average molecular weight is 655 g/mol. The molecule has 262 valence electrons. The third-order valence-electron chi connectivity index (χ3n) is 13.2. The number of hydrogen-bond acceptors (Lipinski definition) is 0. The normalized spacial score (nSPS) is 14.6. The van der Waals surface area contributed by atoms with E-state index in [0.29, 0.717) is 0 Å². The Morgan fingerprint density at radius 3 is 1.02 bits per heavy atom. The van der Waals surface area contributed by atoms with Crippen LogP contribution in [0, 0.1) is 27.7 Å². The molecule has 0 nitrogen and oxygen atoms in total. The second kappa shape index (κ2) is 12.6. The molecule has 0 radical (unpaired) electrons. The third kappa shape index (κ3) is 5.84. The smallest absolute Gasteiger partial charge is 0.0645 e. The van der Waals surface area contributed by atoms with E-state index in [1.54, 1.807) is 0 Å². The highest BCUT2D eigenvalue weighted by Crippen LogP contribution is 2.60. The van der Waals surface area contributed by atoms with Gasteiger partial charge in [-0.2, -0.15) is 0 Å². The molecule has 0 atom stereocenters. The topological polar surface area (TPSA) is 0 Å². The van der Waals surface area contributed by atoms with Crippen molar-refractivity contribution in [3.05, 3.63) is 127 Å². The Hall–Kier alpha value is -3.12. The van der Waals surface area contributed by atoms with Gasteiger partial charge >= 0.3 is 0 Å². The molecule has 4 aromatic rings. The van der Waals surface area contributed by atoms with Gasteiger partial charge in [-0.3, -0.25) is 0 Å². The summed E-state index contributed by atoms with van der Waals surface area (Å²) < 4.78 is 0. The molecule has 0 aromatic heterocycles. The van der Waals surface area contributed by atoms with Gasteiger partial charge in [-0.15, -0.1) is 0 Å². The maximum Gasteiger partial charge on any atom is 0.0719 e. The number of aryl methyl sites for hydroxylation is 4. The minimum atomic E-state index is -0.461. The second-order valence-corrected chi connectivity index (χ2v) is 18.3. The van der Waals surface area contributed by atoms with Crippen molar-refractivity contribution in [3.63, 3.8) is 0 Å². The molecule has 0 saturated carbocycles. The molecule has 0 saturated heterocycles. The van der Waals surface area contributed by atoms with Crippen LogP contribution < -0.4 is 0 Å². The molecule has 0 bridgehead atoms. The number of hydrogen-bond donors (Lipinski definition) is 0. The van der Waals surface area contributed by atoms with E-state index in [0.717, 1.165) is 25.7 Å². The van der Waals surface area contributed by atoms with Gasteiger partial charge in [-0.05, 0) is 153 Å². The van der Waals surface area contributed by atoms with Gasteiger partial charge in [0.2, 0.25) is 0 Å². The van der Waals surface area contributed by atoms with Gasteiger partial charge in [0.15, 0.2) is 0 Å². The standard InChI is InChI=1S/C49H66/c1-17-47(15,18-2)35-21-23-37-38-24-22-36(48(16,19-3)20-4)28-44(38)49(43(37)27-35,41-29-39(45(9,10)11)31(5)25-33(41)7)42-30-40(46(12,13)14)32(6)26-34(42)8/h21-30H,17-20H2,1-16H3. The molecular formula is C49H66. The lowest BCUT2D eigenvalue weighted by molar-refractivity contribution is 0.437. The van der Waals surface area contributed by atoms with Crippen molar-refractivity contribution in [1.82, 2.24) is 0 Å². The molecule has 5 rings (SSSR count). The lowest BCUT2D eigenvalue weighted by atomic mass is 9.62. The van der Waals surface area contributed by atoms with E-state index in [1.165, 1.54) is 77.9 Å². The minimum Gasteiger partial charge on any atom is -0.0645 e. The van der Waals surface area contributed by atoms with Gasteiger partial charge < -0.3 is 0 Å². The van der Waals surface area contributed by atoms with Crippen LogP contribution in [0.25, 0.3) is 11.1 Å². The first-order valence-corrected chi connectivity index (χ1v) is 19.3. The maximum absolute atomic E-state index is 2.65. The molecule has 49 heavy (non-hydrogen) atoms. The summed E-state index contributed by atoms with van der Waals surface area (Å²) >= 11 is 0. The Labute approximate surface area is 301 Å². The molecular weight excluding hydrogens is 589 g/mol. The molecule has 0 heterocycles. The summed E-state index contributed by atoms with van der Waals surface area (Å²) in [6.07, 6.45) is 4.47. The minimum absolute atomic E-state index is 0.0204. The van der Waals surface area contributed by atoms with Crippen LogP contribution >= 0.6 is 0 Å². The van der Waals surface area contributed by atoms with E-state index >= 15 is 0 Å². The van der Waals surface area contributed by atoms with Crippen molar-refractivity contribution in [1.29, 1.82) is 0 Å². The van der Waals surface area contributed by atoms with Crippen molar-refractivity contribution in [2.24, 2.45) is 0 Å². The molecule has 0 N–H and O–H groups in total. The van der Waals surface area contributed by atoms with Crippen LogP contribution in [0.5, 0.6) is 0 Å². The Kier molecular flexibility index (Phi) is 9.54. The van der Waals surface area contributed by atoms with Gasteiger partial charge in [0.25, 0.3) is 0 Å². The summed E-state index contributed by atoms with van der Waals surface area (Å²) in [7, 11) is 0. The fourth-order valence-electron chi connectivity index (χ4n) is 9.25. The predicted octanol–water partition coefficient (Wildman–Crippen LogP) is 14.0. The molecule has 1 aliphatic rings. The molecule has 0 heteroatoms. The van der Waals surface area contributed by atoms with E-state index < -0.39 is 5.41 Å². The Bertz CT molecular complexity index is 1730. The lowest BCUT2D eigenvalue weighted by Gasteiger charge is -2.40. The number of benzene rings is 4. The van der Waals surface area contributed by atoms with E-state index in [9.17, 15) is 0 Å². The Balaban J connectivity index is 2.12. The van der Waals surface area contributed by atoms with Crippen LogP contribution in [0.15, 0.2) is 60.7 Å². The first-order valence-electron chi connectivity index (χ1n) is 19.3. The third-order valence-corrected chi connectivity index (χ3v) is 13.2. The molecule has 1 aliphatic carbocycles. The summed E-state index contributed by atoms with van der Waals surface area (Å²) in [6, 6.07) is 25.4. The molecule has 0 aliphatic heterocycles. The lowest BCUT2D eigenvalue weighted by Crippen LogP contribution is -2.33. The maximum atomic E-state index is 2.65. The van der Waals surface area contributed by atoms with Crippen LogP contribution in [0.2, 0.25) is 0 Å². The van der Waals surface area contributed by atoms with Crippen molar-refractivity contribution in [2.45, 2.75) is 164 Å². The molecule has 4 aromatic carbocycles. The summed E-state index contributed by atoms with van der Waals surface area (Å²) in [6.45, 7) is 38.0. The van der Waals surface area contributed by atoms with Crippen molar-refractivity contribution in [3.8, 4) is 11.1 Å². The highest BCUT2D eigenvalue weighted by atomic mass is 14.5. The zero-order chi connectivity index (χ0) is 36.5. The van der Waals surface area contributed by atoms with Crippen LogP contribution in [-0.4, -0.2) is 0 Å². The molecule has 0 amide bonds. The zero-order valence-electron chi connectivity index (χ0n) is 34.1. The fraction of sp³-hybridized carbons (Fsp3) is 0.510. The predicted molar refractivity (Wildman–Crippen MR) is 216 cm³/mol. The summed E-state index contributed by atoms with van der Waals surface area (Å²) in [5, 5.41) is 0. The van der Waals surface area contributed by atoms with Gasteiger partial charge in [0.05, 0.1) is 5.41 Å². The van der Waals surface area contributed by atoms with Gasteiger partial charge in [-0.1, -0.05) is 144 Å². The van der Waals surface area contributed by atoms with E-state index in [1.807, 2.05) is 0 Å². The van der Waals surface area contributed by atoms with Gasteiger partial charge in [0, 0.05) is 0 Å². The van der Waals surface area contributed by atoms with Crippen molar-refractivity contribution in [2.75, 3.05) is 0 Å². The fourth-order valence-corrected chi connectivity index (χ4v) is 9.25. The van der Waals surface area contributed by atoms with E-state index in [-0.39, 0.29) is 21.7 Å². The highest BCUT2D eigenvalue weighted by Gasteiger charge is 2.49.